The van der Waals surface area contributed by atoms with Crippen LogP contribution in [0, 0.1) is 5.92 Å². The Labute approximate surface area is 210 Å². The molecule has 4 aromatic rings. The van der Waals surface area contributed by atoms with Crippen molar-refractivity contribution in [2.24, 2.45) is 5.92 Å². The van der Waals surface area contributed by atoms with Gasteiger partial charge in [-0.05, 0) is 72.3 Å². The van der Waals surface area contributed by atoms with Crippen molar-refractivity contribution in [3.05, 3.63) is 47.3 Å². The van der Waals surface area contributed by atoms with Crippen LogP contribution < -0.4 is 10.6 Å². The van der Waals surface area contributed by atoms with Gasteiger partial charge >= 0.3 is 0 Å². The van der Waals surface area contributed by atoms with Crippen LogP contribution >= 0.6 is 15.9 Å². The average Bonchev–Trinajstić information content (AvgIpc) is 3.49. The molecule has 2 fully saturated rings. The van der Waals surface area contributed by atoms with Crippen LogP contribution in [0.4, 0.5) is 5.95 Å². The van der Waals surface area contributed by atoms with E-state index in [1.807, 2.05) is 28.9 Å². The van der Waals surface area contributed by atoms with Crippen molar-refractivity contribution < 1.29 is 9.53 Å². The van der Waals surface area contributed by atoms with Crippen LogP contribution in [0.5, 0.6) is 0 Å². The minimum Gasteiger partial charge on any atom is -0.381 e. The van der Waals surface area contributed by atoms with E-state index in [4.69, 9.17) is 9.72 Å². The van der Waals surface area contributed by atoms with Crippen LogP contribution in [0.1, 0.15) is 32.1 Å². The van der Waals surface area contributed by atoms with Crippen LogP contribution in [-0.4, -0.2) is 55.9 Å². The van der Waals surface area contributed by atoms with E-state index in [9.17, 15) is 4.79 Å². The first-order valence-electron chi connectivity index (χ1n) is 12.0. The Balaban J connectivity index is 1.19. The second kappa shape index (κ2) is 9.50. The molecule has 2 N–H and O–H groups in total. The third-order valence-electron chi connectivity index (χ3n) is 6.91. The van der Waals surface area contributed by atoms with Gasteiger partial charge in [-0.15, -0.1) is 0 Å². The van der Waals surface area contributed by atoms with Crippen LogP contribution in [0.25, 0.3) is 27.6 Å². The fourth-order valence-electron chi connectivity index (χ4n) is 5.01. The molecule has 1 amide bonds. The highest BCUT2D eigenvalue weighted by Crippen LogP contribution is 2.30. The Morgan fingerprint density at radius 2 is 1.97 bits per heavy atom. The van der Waals surface area contributed by atoms with Crippen molar-refractivity contribution in [3.8, 4) is 5.69 Å². The maximum Gasteiger partial charge on any atom is 0.224 e. The zero-order valence-corrected chi connectivity index (χ0v) is 20.7. The Kier molecular flexibility index (Phi) is 6.07. The molecule has 10 heteroatoms. The minimum atomic E-state index is 0.0185. The number of hydrogen-bond acceptors (Lipinski definition) is 7. The lowest BCUT2D eigenvalue weighted by atomic mass is 10.0. The lowest BCUT2D eigenvalue weighted by Gasteiger charge is -2.24. The number of nitrogens with one attached hydrogen (secondary N) is 2. The molecule has 2 aliphatic rings. The van der Waals surface area contributed by atoms with Gasteiger partial charge in [0, 0.05) is 49.0 Å². The van der Waals surface area contributed by atoms with Gasteiger partial charge < -0.3 is 15.4 Å². The predicted octanol–water partition coefficient (Wildman–Crippen LogP) is 4.00. The van der Waals surface area contributed by atoms with Crippen molar-refractivity contribution in [1.29, 1.82) is 0 Å². The van der Waals surface area contributed by atoms with Gasteiger partial charge in [0.15, 0.2) is 5.65 Å². The van der Waals surface area contributed by atoms with E-state index in [0.717, 1.165) is 67.3 Å². The third-order valence-corrected chi connectivity index (χ3v) is 7.50. The summed E-state index contributed by atoms with van der Waals surface area (Å²) in [5, 5.41) is 13.2. The van der Waals surface area contributed by atoms with Crippen LogP contribution in [0.3, 0.4) is 0 Å². The number of hydrogen-bond donors (Lipinski definition) is 2. The molecule has 4 heterocycles. The van der Waals surface area contributed by atoms with Gasteiger partial charge in [0.25, 0.3) is 0 Å². The first-order valence-corrected chi connectivity index (χ1v) is 12.8. The summed E-state index contributed by atoms with van der Waals surface area (Å²) < 4.78 is 7.90. The molecule has 1 aromatic carbocycles. The van der Waals surface area contributed by atoms with Gasteiger partial charge in [-0.2, -0.15) is 10.1 Å². The molecule has 0 unspecified atom stereocenters. The molecule has 6 rings (SSSR count). The zero-order valence-electron chi connectivity index (χ0n) is 19.2. The van der Waals surface area contributed by atoms with E-state index in [-0.39, 0.29) is 23.9 Å². The fraction of sp³-hybridized carbons (Fsp3) is 0.400. The molecular weight excluding hydrogens is 510 g/mol. The summed E-state index contributed by atoms with van der Waals surface area (Å²) in [4.78, 5) is 26.5. The van der Waals surface area contributed by atoms with E-state index in [0.29, 0.717) is 16.2 Å². The maximum atomic E-state index is 12.8. The molecule has 0 bridgehead atoms. The normalized spacial score (nSPS) is 20.9. The molecule has 0 radical (unpaired) electrons. The lowest BCUT2D eigenvalue weighted by molar-refractivity contribution is -0.126. The molecule has 1 aliphatic heterocycles. The van der Waals surface area contributed by atoms with E-state index in [1.54, 1.807) is 12.4 Å². The number of ether oxygens (including phenoxy) is 1. The standard InChI is InChI=1S/C25H26BrN7O2/c26-22-20-14-28-25(30-18-4-3-16(12-18)24(34)29-17-7-10-35-11-8-17)31-23(20)33(32-22)19-5-6-21-15(13-19)2-1-9-27-21/h1-2,5-6,9,13-14,16-18H,3-4,7-8,10-12H2,(H,29,34)(H,28,30,31)/t16-,18-/m1/s1. The lowest BCUT2D eigenvalue weighted by Crippen LogP contribution is -2.41. The largest absolute Gasteiger partial charge is 0.381 e. The number of fused-ring (bicyclic) bond motifs is 2. The first kappa shape index (κ1) is 22.4. The predicted molar refractivity (Wildman–Crippen MR) is 136 cm³/mol. The number of aromatic nitrogens is 5. The van der Waals surface area contributed by atoms with Crippen molar-refractivity contribution in [2.45, 2.75) is 44.2 Å². The van der Waals surface area contributed by atoms with Crippen molar-refractivity contribution >= 4 is 49.7 Å². The molecule has 0 spiro atoms. The summed E-state index contributed by atoms with van der Waals surface area (Å²) in [7, 11) is 0. The topological polar surface area (TPSA) is 107 Å². The molecule has 9 nitrogen and oxygen atoms in total. The smallest absolute Gasteiger partial charge is 0.224 e. The summed E-state index contributed by atoms with van der Waals surface area (Å²) in [5.74, 6) is 0.722. The zero-order chi connectivity index (χ0) is 23.8. The van der Waals surface area contributed by atoms with Crippen molar-refractivity contribution in [2.75, 3.05) is 18.5 Å². The summed E-state index contributed by atoms with van der Waals surface area (Å²) in [6, 6.07) is 10.4. The van der Waals surface area contributed by atoms with Gasteiger partial charge in [-0.3, -0.25) is 9.78 Å². The number of nitrogens with zero attached hydrogens (tertiary/aromatic N) is 5. The van der Waals surface area contributed by atoms with Crippen LogP contribution in [0.15, 0.2) is 47.3 Å². The van der Waals surface area contributed by atoms with Gasteiger partial charge in [0.05, 0.1) is 16.6 Å². The van der Waals surface area contributed by atoms with Gasteiger partial charge in [0.2, 0.25) is 11.9 Å². The number of rotatable bonds is 5. The SMILES string of the molecule is O=C(NC1CCOCC1)[C@@H]1CC[C@@H](Nc2ncc3c(Br)nn(-c4ccc5ncccc5c4)c3n2)C1. The van der Waals surface area contributed by atoms with Crippen molar-refractivity contribution in [1.82, 2.24) is 30.0 Å². The average molecular weight is 536 g/mol. The van der Waals surface area contributed by atoms with E-state index < -0.39 is 0 Å². The Morgan fingerprint density at radius 3 is 2.86 bits per heavy atom. The highest BCUT2D eigenvalue weighted by Gasteiger charge is 2.31. The summed E-state index contributed by atoms with van der Waals surface area (Å²) in [6.45, 7) is 1.45. The Bertz CT molecular complexity index is 1390. The monoisotopic (exact) mass is 535 g/mol. The van der Waals surface area contributed by atoms with Gasteiger partial charge in [-0.1, -0.05) is 6.07 Å². The Hall–Kier alpha value is -3.11. The minimum absolute atomic E-state index is 0.0185. The molecular formula is C25H26BrN7O2. The van der Waals surface area contributed by atoms with E-state index >= 15 is 0 Å². The summed E-state index contributed by atoms with van der Waals surface area (Å²) >= 11 is 3.54. The molecule has 3 aromatic heterocycles. The third kappa shape index (κ3) is 4.60. The number of pyridine rings is 1. The molecule has 35 heavy (non-hydrogen) atoms. The molecule has 1 aliphatic carbocycles. The van der Waals surface area contributed by atoms with Gasteiger partial charge in [0.1, 0.15) is 4.60 Å². The molecule has 180 valence electrons. The van der Waals surface area contributed by atoms with E-state index in [1.165, 1.54) is 0 Å². The van der Waals surface area contributed by atoms with Gasteiger partial charge in [-0.25, -0.2) is 9.67 Å². The maximum absolute atomic E-state index is 12.8. The molecule has 1 saturated carbocycles. The molecule has 2 atom stereocenters. The summed E-state index contributed by atoms with van der Waals surface area (Å²) in [5.41, 5.74) is 2.54. The van der Waals surface area contributed by atoms with Crippen molar-refractivity contribution in [3.63, 3.8) is 0 Å². The van der Waals surface area contributed by atoms with Crippen LogP contribution in [0.2, 0.25) is 0 Å². The number of amides is 1. The quantitative estimate of drug-likeness (QED) is 0.397. The second-order valence-electron chi connectivity index (χ2n) is 9.26. The summed E-state index contributed by atoms with van der Waals surface area (Å²) in [6.07, 6.45) is 7.91. The fourth-order valence-corrected chi connectivity index (χ4v) is 5.45. The first-order chi connectivity index (χ1) is 17.1. The number of carbonyl (C=O) groups is 1. The molecule has 1 saturated heterocycles. The number of benzene rings is 1. The highest BCUT2D eigenvalue weighted by atomic mass is 79.9. The second-order valence-corrected chi connectivity index (χ2v) is 10.0. The number of carbonyl (C=O) groups excluding carboxylic acids is 1. The number of anilines is 1. The van der Waals surface area contributed by atoms with E-state index in [2.05, 4.69) is 47.7 Å². The Morgan fingerprint density at radius 1 is 1.09 bits per heavy atom. The number of halogens is 1. The van der Waals surface area contributed by atoms with Crippen LogP contribution in [-0.2, 0) is 9.53 Å². The highest BCUT2D eigenvalue weighted by molar-refractivity contribution is 9.10.